The molecule has 0 aliphatic rings. The van der Waals surface area contributed by atoms with E-state index >= 15 is 0 Å². The Kier molecular flexibility index (Phi) is 5.47. The van der Waals surface area contributed by atoms with Gasteiger partial charge in [-0.05, 0) is 36.8 Å². The van der Waals surface area contributed by atoms with Crippen LogP contribution in [-0.4, -0.2) is 24.5 Å². The lowest BCUT2D eigenvalue weighted by Crippen LogP contribution is -2.19. The maximum Gasteiger partial charge on any atom is 0.274 e. The normalized spacial score (nSPS) is 10.3. The van der Waals surface area contributed by atoms with Crippen LogP contribution < -0.4 is 10.2 Å². The molecular formula is C17H20FN3O. The zero-order valence-electron chi connectivity index (χ0n) is 12.8. The zero-order chi connectivity index (χ0) is 15.9. The number of rotatable bonds is 6. The molecule has 1 N–H and O–H groups in total. The number of amides is 1. The average Bonchev–Trinajstić information content (AvgIpc) is 2.52. The number of carbonyl (C=O) groups excluding carboxylic acids is 1. The quantitative estimate of drug-likeness (QED) is 0.884. The minimum Gasteiger partial charge on any atom is -0.373 e. The van der Waals surface area contributed by atoms with Crippen molar-refractivity contribution in [1.82, 2.24) is 4.98 Å². The van der Waals surface area contributed by atoms with Crippen LogP contribution >= 0.6 is 0 Å². The van der Waals surface area contributed by atoms with Crippen molar-refractivity contribution in [2.45, 2.75) is 19.8 Å². The monoisotopic (exact) mass is 301 g/mol. The Morgan fingerprint density at radius 3 is 2.77 bits per heavy atom. The lowest BCUT2D eigenvalue weighted by Gasteiger charge is -2.18. The summed E-state index contributed by atoms with van der Waals surface area (Å²) in [5.74, 6) is -0.744. The third kappa shape index (κ3) is 4.28. The van der Waals surface area contributed by atoms with Gasteiger partial charge in [-0.2, -0.15) is 0 Å². The molecule has 0 fully saturated rings. The molecule has 22 heavy (non-hydrogen) atoms. The van der Waals surface area contributed by atoms with E-state index in [2.05, 4.69) is 22.1 Å². The number of hydrogen-bond acceptors (Lipinski definition) is 3. The molecule has 0 aliphatic heterocycles. The van der Waals surface area contributed by atoms with Crippen LogP contribution in [0.3, 0.4) is 0 Å². The van der Waals surface area contributed by atoms with Crippen LogP contribution in [0, 0.1) is 5.82 Å². The molecule has 0 radical (unpaired) electrons. The van der Waals surface area contributed by atoms with Gasteiger partial charge in [-0.15, -0.1) is 0 Å². The van der Waals surface area contributed by atoms with E-state index in [1.165, 1.54) is 12.1 Å². The number of carbonyl (C=O) groups is 1. The van der Waals surface area contributed by atoms with Gasteiger partial charge in [0, 0.05) is 19.3 Å². The van der Waals surface area contributed by atoms with Gasteiger partial charge in [0.05, 0.1) is 11.9 Å². The second kappa shape index (κ2) is 7.54. The van der Waals surface area contributed by atoms with Crippen LogP contribution in [0.25, 0.3) is 0 Å². The van der Waals surface area contributed by atoms with Crippen LogP contribution in [0.1, 0.15) is 30.3 Å². The predicted molar refractivity (Wildman–Crippen MR) is 86.8 cm³/mol. The molecule has 1 aromatic heterocycles. The second-order valence-corrected chi connectivity index (χ2v) is 5.14. The van der Waals surface area contributed by atoms with Crippen LogP contribution in [0.2, 0.25) is 0 Å². The Morgan fingerprint density at radius 2 is 2.14 bits per heavy atom. The van der Waals surface area contributed by atoms with Gasteiger partial charge in [-0.25, -0.2) is 9.37 Å². The Morgan fingerprint density at radius 1 is 1.32 bits per heavy atom. The third-order valence-corrected chi connectivity index (χ3v) is 3.35. The summed E-state index contributed by atoms with van der Waals surface area (Å²) in [6, 6.07) is 9.31. The first-order valence-corrected chi connectivity index (χ1v) is 7.34. The van der Waals surface area contributed by atoms with Gasteiger partial charge < -0.3 is 10.2 Å². The van der Waals surface area contributed by atoms with E-state index in [0.29, 0.717) is 11.4 Å². The highest BCUT2D eigenvalue weighted by molar-refractivity contribution is 6.02. The second-order valence-electron chi connectivity index (χ2n) is 5.14. The van der Waals surface area contributed by atoms with E-state index in [4.69, 9.17) is 0 Å². The maximum absolute atomic E-state index is 13.1. The first-order valence-electron chi connectivity index (χ1n) is 7.34. The maximum atomic E-state index is 13.1. The third-order valence-electron chi connectivity index (χ3n) is 3.35. The fourth-order valence-corrected chi connectivity index (χ4v) is 2.03. The molecule has 116 valence electrons. The number of unbranched alkanes of at least 4 members (excludes halogenated alkanes) is 1. The molecule has 2 rings (SSSR count). The minimum absolute atomic E-state index is 0.303. The van der Waals surface area contributed by atoms with Gasteiger partial charge in [0.25, 0.3) is 5.91 Å². The summed E-state index contributed by atoms with van der Waals surface area (Å²) in [5.41, 5.74) is 1.68. The van der Waals surface area contributed by atoms with Crippen LogP contribution in [0.4, 0.5) is 15.8 Å². The van der Waals surface area contributed by atoms with Crippen molar-refractivity contribution in [3.8, 4) is 0 Å². The highest BCUT2D eigenvalue weighted by Crippen LogP contribution is 2.14. The highest BCUT2D eigenvalue weighted by atomic mass is 19.1. The van der Waals surface area contributed by atoms with E-state index in [0.717, 1.165) is 25.1 Å². The summed E-state index contributed by atoms with van der Waals surface area (Å²) < 4.78 is 13.1. The molecular weight excluding hydrogens is 281 g/mol. The molecule has 1 amide bonds. The summed E-state index contributed by atoms with van der Waals surface area (Å²) in [4.78, 5) is 18.3. The van der Waals surface area contributed by atoms with Crippen molar-refractivity contribution < 1.29 is 9.18 Å². The fourth-order valence-electron chi connectivity index (χ4n) is 2.03. The predicted octanol–water partition coefficient (Wildman–Crippen LogP) is 3.71. The highest BCUT2D eigenvalue weighted by Gasteiger charge is 2.09. The molecule has 0 aliphatic carbocycles. The molecule has 1 aromatic carbocycles. The molecule has 0 spiro atoms. The van der Waals surface area contributed by atoms with E-state index in [1.807, 2.05) is 13.1 Å². The molecule has 0 atom stereocenters. The molecule has 2 aromatic rings. The Hall–Kier alpha value is -2.43. The number of halogens is 1. The molecule has 0 bridgehead atoms. The number of anilines is 2. The SMILES string of the molecule is CCCCN(C)c1ccc(C(=O)Nc2cccc(F)c2)nc1. The summed E-state index contributed by atoms with van der Waals surface area (Å²) in [5, 5.41) is 2.63. The van der Waals surface area contributed by atoms with Gasteiger partial charge in [-0.3, -0.25) is 4.79 Å². The van der Waals surface area contributed by atoms with Crippen molar-refractivity contribution in [3.05, 3.63) is 54.1 Å². The standard InChI is InChI=1S/C17H20FN3O/c1-3-4-10-21(2)15-8-9-16(19-12-15)17(22)20-14-7-5-6-13(18)11-14/h5-9,11-12H,3-4,10H2,1-2H3,(H,20,22). The van der Waals surface area contributed by atoms with Crippen molar-refractivity contribution in [2.24, 2.45) is 0 Å². The van der Waals surface area contributed by atoms with Gasteiger partial charge in [0.1, 0.15) is 11.5 Å². The van der Waals surface area contributed by atoms with E-state index in [-0.39, 0.29) is 5.91 Å². The molecule has 4 nitrogen and oxygen atoms in total. The number of benzene rings is 1. The van der Waals surface area contributed by atoms with Crippen LogP contribution in [0.5, 0.6) is 0 Å². The largest absolute Gasteiger partial charge is 0.373 e. The Bertz CT molecular complexity index is 628. The van der Waals surface area contributed by atoms with Crippen LogP contribution in [0.15, 0.2) is 42.6 Å². The van der Waals surface area contributed by atoms with E-state index in [9.17, 15) is 9.18 Å². The van der Waals surface area contributed by atoms with Gasteiger partial charge in [-0.1, -0.05) is 19.4 Å². The van der Waals surface area contributed by atoms with Crippen molar-refractivity contribution in [3.63, 3.8) is 0 Å². The fraction of sp³-hybridized carbons (Fsp3) is 0.294. The molecule has 1 heterocycles. The average molecular weight is 301 g/mol. The number of pyridine rings is 1. The Balaban J connectivity index is 2.02. The lowest BCUT2D eigenvalue weighted by molar-refractivity contribution is 0.102. The number of hydrogen-bond donors (Lipinski definition) is 1. The summed E-state index contributed by atoms with van der Waals surface area (Å²) in [7, 11) is 2.00. The number of aromatic nitrogens is 1. The number of nitrogens with zero attached hydrogens (tertiary/aromatic N) is 2. The first-order chi connectivity index (χ1) is 10.6. The Labute approximate surface area is 130 Å². The van der Waals surface area contributed by atoms with Crippen molar-refractivity contribution in [1.29, 1.82) is 0 Å². The summed E-state index contributed by atoms with van der Waals surface area (Å²) >= 11 is 0. The molecule has 0 saturated carbocycles. The molecule has 5 heteroatoms. The van der Waals surface area contributed by atoms with Crippen molar-refractivity contribution >= 4 is 17.3 Å². The molecule has 0 unspecified atom stereocenters. The van der Waals surface area contributed by atoms with E-state index in [1.54, 1.807) is 24.4 Å². The summed E-state index contributed by atoms with van der Waals surface area (Å²) in [6.07, 6.45) is 3.92. The van der Waals surface area contributed by atoms with Crippen LogP contribution in [-0.2, 0) is 0 Å². The van der Waals surface area contributed by atoms with Crippen molar-refractivity contribution in [2.75, 3.05) is 23.8 Å². The van der Waals surface area contributed by atoms with E-state index < -0.39 is 5.82 Å². The van der Waals surface area contributed by atoms with Gasteiger partial charge in [0.2, 0.25) is 0 Å². The van der Waals surface area contributed by atoms with Gasteiger partial charge >= 0.3 is 0 Å². The lowest BCUT2D eigenvalue weighted by atomic mass is 10.2. The smallest absolute Gasteiger partial charge is 0.274 e. The topological polar surface area (TPSA) is 45.2 Å². The first kappa shape index (κ1) is 15.9. The minimum atomic E-state index is -0.390. The number of nitrogens with one attached hydrogen (secondary N) is 1. The summed E-state index contributed by atoms with van der Waals surface area (Å²) in [6.45, 7) is 3.10. The molecule has 0 saturated heterocycles. The zero-order valence-corrected chi connectivity index (χ0v) is 12.8. The van der Waals surface area contributed by atoms with Gasteiger partial charge in [0.15, 0.2) is 0 Å².